The number of anilines is 1. The van der Waals surface area contributed by atoms with Gasteiger partial charge < -0.3 is 14.6 Å². The van der Waals surface area contributed by atoms with Crippen molar-refractivity contribution in [1.82, 2.24) is 19.5 Å². The Morgan fingerprint density at radius 2 is 2.30 bits per heavy atom. The summed E-state index contributed by atoms with van der Waals surface area (Å²) in [7, 11) is 0. The summed E-state index contributed by atoms with van der Waals surface area (Å²) in [6, 6.07) is 1.90. The van der Waals surface area contributed by atoms with E-state index in [0.717, 1.165) is 6.54 Å². The van der Waals surface area contributed by atoms with Crippen LogP contribution in [0.1, 0.15) is 19.7 Å². The van der Waals surface area contributed by atoms with E-state index in [0.29, 0.717) is 30.0 Å². The van der Waals surface area contributed by atoms with Gasteiger partial charge in [-0.1, -0.05) is 11.6 Å². The van der Waals surface area contributed by atoms with Crippen LogP contribution < -0.4 is 5.32 Å². The molecule has 0 aliphatic carbocycles. The van der Waals surface area contributed by atoms with Crippen molar-refractivity contribution < 1.29 is 4.74 Å². The van der Waals surface area contributed by atoms with Gasteiger partial charge in [-0.3, -0.25) is 0 Å². The number of hydrogen-bond donors (Lipinski definition) is 1. The van der Waals surface area contributed by atoms with E-state index in [9.17, 15) is 0 Å². The Bertz CT molecular complexity index is 532. The Morgan fingerprint density at radius 3 is 3.00 bits per heavy atom. The van der Waals surface area contributed by atoms with E-state index in [1.165, 1.54) is 0 Å². The molecule has 0 spiro atoms. The summed E-state index contributed by atoms with van der Waals surface area (Å²) in [6.45, 7) is 5.77. The second kappa shape index (κ2) is 7.21. The van der Waals surface area contributed by atoms with Gasteiger partial charge in [0.2, 0.25) is 0 Å². The second-order valence-electron chi connectivity index (χ2n) is 4.43. The van der Waals surface area contributed by atoms with Crippen LogP contribution >= 0.6 is 11.6 Å². The van der Waals surface area contributed by atoms with Gasteiger partial charge in [0.1, 0.15) is 17.6 Å². The smallest absolute Gasteiger partial charge is 0.158 e. The van der Waals surface area contributed by atoms with Crippen LogP contribution in [0.15, 0.2) is 24.8 Å². The van der Waals surface area contributed by atoms with Gasteiger partial charge in [0.15, 0.2) is 5.82 Å². The summed E-state index contributed by atoms with van der Waals surface area (Å²) in [5.41, 5.74) is 0. The molecule has 1 atom stereocenters. The molecule has 2 aromatic heterocycles. The van der Waals surface area contributed by atoms with E-state index in [1.54, 1.807) is 18.6 Å². The van der Waals surface area contributed by atoms with Crippen LogP contribution in [0, 0.1) is 0 Å². The first-order valence-electron chi connectivity index (χ1n) is 6.51. The van der Waals surface area contributed by atoms with Crippen molar-refractivity contribution in [2.45, 2.75) is 33.0 Å². The highest BCUT2D eigenvalue weighted by atomic mass is 35.5. The first-order valence-corrected chi connectivity index (χ1v) is 6.88. The molecule has 0 aromatic carbocycles. The first kappa shape index (κ1) is 14.7. The van der Waals surface area contributed by atoms with Crippen LogP contribution in [0.25, 0.3) is 0 Å². The van der Waals surface area contributed by atoms with Gasteiger partial charge in [0.05, 0.1) is 6.33 Å². The lowest BCUT2D eigenvalue weighted by Crippen LogP contribution is -2.22. The third-order valence-electron chi connectivity index (χ3n) is 2.61. The molecule has 2 heterocycles. The van der Waals surface area contributed by atoms with Crippen molar-refractivity contribution in [2.24, 2.45) is 0 Å². The molecule has 0 saturated heterocycles. The Kier molecular flexibility index (Phi) is 5.31. The highest BCUT2D eigenvalue weighted by molar-refractivity contribution is 6.29. The van der Waals surface area contributed by atoms with Crippen molar-refractivity contribution in [3.63, 3.8) is 0 Å². The minimum absolute atomic E-state index is 0.190. The summed E-state index contributed by atoms with van der Waals surface area (Å²) in [5.74, 6) is 1.28. The summed E-state index contributed by atoms with van der Waals surface area (Å²) < 4.78 is 7.30. The average Bonchev–Trinajstić information content (AvgIpc) is 2.88. The van der Waals surface area contributed by atoms with Gasteiger partial charge in [-0.15, -0.1) is 0 Å². The fourth-order valence-electron chi connectivity index (χ4n) is 1.81. The monoisotopic (exact) mass is 295 g/mol. The molecule has 0 bridgehead atoms. The zero-order valence-corrected chi connectivity index (χ0v) is 12.3. The second-order valence-corrected chi connectivity index (χ2v) is 4.82. The molecule has 108 valence electrons. The standard InChI is InChI=1S/C13H18ClN5O/c1-3-20-8-13-17-11(14)6-12(18-13)16-10(2)7-19-5-4-15-9-19/h4-6,9-10H,3,7-8H2,1-2H3,(H,16,17,18). The number of ether oxygens (including phenoxy) is 1. The van der Waals surface area contributed by atoms with Crippen molar-refractivity contribution in [2.75, 3.05) is 11.9 Å². The molecular weight excluding hydrogens is 278 g/mol. The fourth-order valence-corrected chi connectivity index (χ4v) is 2.01. The molecule has 0 aliphatic heterocycles. The van der Waals surface area contributed by atoms with Gasteiger partial charge in [0, 0.05) is 37.7 Å². The highest BCUT2D eigenvalue weighted by Gasteiger charge is 2.07. The molecule has 0 fully saturated rings. The largest absolute Gasteiger partial charge is 0.374 e. The maximum atomic E-state index is 5.99. The summed E-state index contributed by atoms with van der Waals surface area (Å²) in [5, 5.41) is 3.71. The normalized spacial score (nSPS) is 12.3. The Hall–Kier alpha value is -1.66. The molecule has 0 amide bonds. The molecule has 6 nitrogen and oxygen atoms in total. The van der Waals surface area contributed by atoms with Gasteiger partial charge in [-0.2, -0.15) is 0 Å². The van der Waals surface area contributed by atoms with Crippen LogP contribution in [-0.2, 0) is 17.9 Å². The molecular formula is C13H18ClN5O. The topological polar surface area (TPSA) is 64.9 Å². The molecule has 1 N–H and O–H groups in total. The van der Waals surface area contributed by atoms with Gasteiger partial charge in [-0.25, -0.2) is 15.0 Å². The quantitative estimate of drug-likeness (QED) is 0.794. The molecule has 20 heavy (non-hydrogen) atoms. The Morgan fingerprint density at radius 1 is 1.45 bits per heavy atom. The molecule has 1 unspecified atom stereocenters. The van der Waals surface area contributed by atoms with E-state index >= 15 is 0 Å². The molecule has 7 heteroatoms. The Labute approximate surface area is 123 Å². The number of aromatic nitrogens is 4. The van der Waals surface area contributed by atoms with Crippen molar-refractivity contribution in [3.05, 3.63) is 35.8 Å². The summed E-state index contributed by atoms with van der Waals surface area (Å²) >= 11 is 5.99. The van der Waals surface area contributed by atoms with Crippen molar-refractivity contribution in [1.29, 1.82) is 0 Å². The van der Waals surface area contributed by atoms with Crippen LogP contribution in [0.4, 0.5) is 5.82 Å². The molecule has 2 aromatic rings. The predicted molar refractivity (Wildman–Crippen MR) is 77.7 cm³/mol. The number of nitrogens with one attached hydrogen (secondary N) is 1. The number of nitrogens with zero attached hydrogens (tertiary/aromatic N) is 4. The number of halogens is 1. The van der Waals surface area contributed by atoms with Crippen LogP contribution in [-0.4, -0.2) is 32.2 Å². The van der Waals surface area contributed by atoms with Gasteiger partial charge in [0.25, 0.3) is 0 Å². The average molecular weight is 296 g/mol. The molecule has 0 radical (unpaired) electrons. The lowest BCUT2D eigenvalue weighted by Gasteiger charge is -2.15. The summed E-state index contributed by atoms with van der Waals surface area (Å²) in [4.78, 5) is 12.5. The van der Waals surface area contributed by atoms with Gasteiger partial charge in [-0.05, 0) is 13.8 Å². The number of hydrogen-bond acceptors (Lipinski definition) is 5. The zero-order valence-electron chi connectivity index (χ0n) is 11.6. The summed E-state index contributed by atoms with van der Waals surface area (Å²) in [6.07, 6.45) is 5.46. The third-order valence-corrected chi connectivity index (χ3v) is 2.81. The van der Waals surface area contributed by atoms with E-state index in [1.807, 2.05) is 17.7 Å². The molecule has 0 saturated carbocycles. The Balaban J connectivity index is 1.98. The highest BCUT2D eigenvalue weighted by Crippen LogP contribution is 2.13. The first-order chi connectivity index (χ1) is 9.67. The lowest BCUT2D eigenvalue weighted by molar-refractivity contribution is 0.128. The maximum Gasteiger partial charge on any atom is 0.158 e. The van der Waals surface area contributed by atoms with Gasteiger partial charge >= 0.3 is 0 Å². The maximum absolute atomic E-state index is 5.99. The van der Waals surface area contributed by atoms with E-state index < -0.39 is 0 Å². The molecule has 2 rings (SSSR count). The van der Waals surface area contributed by atoms with Crippen molar-refractivity contribution in [3.8, 4) is 0 Å². The minimum Gasteiger partial charge on any atom is -0.374 e. The lowest BCUT2D eigenvalue weighted by atomic mass is 10.3. The van der Waals surface area contributed by atoms with Crippen molar-refractivity contribution >= 4 is 17.4 Å². The fraction of sp³-hybridized carbons (Fsp3) is 0.462. The number of imidazole rings is 1. The molecule has 0 aliphatic rings. The zero-order chi connectivity index (χ0) is 14.4. The van der Waals surface area contributed by atoms with Crippen LogP contribution in [0.5, 0.6) is 0 Å². The SMILES string of the molecule is CCOCc1nc(Cl)cc(NC(C)Cn2ccnc2)n1. The van der Waals surface area contributed by atoms with Crippen LogP contribution in [0.3, 0.4) is 0 Å². The predicted octanol–water partition coefficient (Wildman–Crippen LogP) is 2.36. The van der Waals surface area contributed by atoms with E-state index in [4.69, 9.17) is 16.3 Å². The van der Waals surface area contributed by atoms with E-state index in [-0.39, 0.29) is 6.04 Å². The van der Waals surface area contributed by atoms with E-state index in [2.05, 4.69) is 27.2 Å². The third kappa shape index (κ3) is 4.47. The number of rotatable bonds is 7. The van der Waals surface area contributed by atoms with Crippen LogP contribution in [0.2, 0.25) is 5.15 Å². The minimum atomic E-state index is 0.190.